The van der Waals surface area contributed by atoms with Crippen molar-refractivity contribution in [2.45, 2.75) is 25.8 Å². The SMILES string of the molecule is CCN1CCC(N(C)c2cc([N+](=O)[O-])cc(Cl)n2)CC1. The fourth-order valence-corrected chi connectivity index (χ4v) is 2.76. The summed E-state index contributed by atoms with van der Waals surface area (Å²) in [6.45, 7) is 5.32. The maximum absolute atomic E-state index is 10.9. The number of likely N-dealkylation sites (tertiary alicyclic amines) is 1. The van der Waals surface area contributed by atoms with Gasteiger partial charge in [0.15, 0.2) is 0 Å². The number of halogens is 1. The van der Waals surface area contributed by atoms with Gasteiger partial charge >= 0.3 is 0 Å². The van der Waals surface area contributed by atoms with Gasteiger partial charge in [-0.1, -0.05) is 18.5 Å². The van der Waals surface area contributed by atoms with Gasteiger partial charge < -0.3 is 9.80 Å². The van der Waals surface area contributed by atoms with Gasteiger partial charge in [-0.25, -0.2) is 4.98 Å². The van der Waals surface area contributed by atoms with E-state index >= 15 is 0 Å². The lowest BCUT2D eigenvalue weighted by atomic mass is 10.0. The molecule has 0 aliphatic carbocycles. The first kappa shape index (κ1) is 15.0. The van der Waals surface area contributed by atoms with Crippen LogP contribution in [0.1, 0.15) is 19.8 Å². The van der Waals surface area contributed by atoms with E-state index in [2.05, 4.69) is 16.8 Å². The molecule has 2 rings (SSSR count). The van der Waals surface area contributed by atoms with Gasteiger partial charge in [0.25, 0.3) is 5.69 Å². The number of nitro groups is 1. The van der Waals surface area contributed by atoms with Crippen molar-refractivity contribution in [2.24, 2.45) is 0 Å². The van der Waals surface area contributed by atoms with Crippen molar-refractivity contribution >= 4 is 23.1 Å². The predicted molar refractivity (Wildman–Crippen MR) is 79.4 cm³/mol. The van der Waals surface area contributed by atoms with Gasteiger partial charge in [0.2, 0.25) is 0 Å². The third kappa shape index (κ3) is 3.37. The van der Waals surface area contributed by atoms with E-state index in [4.69, 9.17) is 11.6 Å². The Morgan fingerprint density at radius 3 is 2.70 bits per heavy atom. The summed E-state index contributed by atoms with van der Waals surface area (Å²) in [7, 11) is 1.93. The van der Waals surface area contributed by atoms with Gasteiger partial charge in [-0.2, -0.15) is 0 Å². The average molecular weight is 299 g/mol. The van der Waals surface area contributed by atoms with E-state index in [1.807, 2.05) is 11.9 Å². The molecule has 0 aromatic carbocycles. The molecule has 1 fully saturated rings. The van der Waals surface area contributed by atoms with Crippen molar-refractivity contribution in [1.82, 2.24) is 9.88 Å². The van der Waals surface area contributed by atoms with Crippen LogP contribution in [0.15, 0.2) is 12.1 Å². The quantitative estimate of drug-likeness (QED) is 0.486. The molecule has 0 spiro atoms. The zero-order valence-electron chi connectivity index (χ0n) is 11.8. The van der Waals surface area contributed by atoms with E-state index in [9.17, 15) is 10.1 Å². The number of rotatable bonds is 4. The predicted octanol–water partition coefficient (Wildman–Crippen LogP) is 2.56. The number of anilines is 1. The summed E-state index contributed by atoms with van der Waals surface area (Å²) >= 11 is 5.87. The Labute approximate surface area is 123 Å². The monoisotopic (exact) mass is 298 g/mol. The highest BCUT2D eigenvalue weighted by atomic mass is 35.5. The summed E-state index contributed by atoms with van der Waals surface area (Å²) in [6.07, 6.45) is 2.07. The summed E-state index contributed by atoms with van der Waals surface area (Å²) in [5, 5.41) is 11.0. The summed E-state index contributed by atoms with van der Waals surface area (Å²) in [6, 6.07) is 3.11. The molecule has 1 saturated heterocycles. The number of hydrogen-bond donors (Lipinski definition) is 0. The minimum atomic E-state index is -0.440. The summed E-state index contributed by atoms with van der Waals surface area (Å²) in [5.74, 6) is 0.569. The molecule has 1 aromatic rings. The molecule has 0 bridgehead atoms. The van der Waals surface area contributed by atoms with Crippen molar-refractivity contribution in [3.8, 4) is 0 Å². The highest BCUT2D eigenvalue weighted by Gasteiger charge is 2.24. The highest BCUT2D eigenvalue weighted by molar-refractivity contribution is 6.29. The van der Waals surface area contributed by atoms with E-state index < -0.39 is 4.92 Å². The molecule has 1 aromatic heterocycles. The van der Waals surface area contributed by atoms with Gasteiger partial charge in [0, 0.05) is 26.2 Å². The first-order chi connectivity index (χ1) is 9.51. The lowest BCUT2D eigenvalue weighted by Crippen LogP contribution is -2.43. The largest absolute Gasteiger partial charge is 0.356 e. The molecule has 20 heavy (non-hydrogen) atoms. The second-order valence-electron chi connectivity index (χ2n) is 5.04. The Hall–Kier alpha value is -1.40. The van der Waals surface area contributed by atoms with Crippen LogP contribution in [0.5, 0.6) is 0 Å². The zero-order valence-corrected chi connectivity index (χ0v) is 12.5. The Balaban J connectivity index is 2.13. The van der Waals surface area contributed by atoms with Crippen molar-refractivity contribution in [1.29, 1.82) is 0 Å². The molecular weight excluding hydrogens is 280 g/mol. The molecule has 0 atom stereocenters. The molecule has 2 heterocycles. The number of pyridine rings is 1. The first-order valence-electron chi connectivity index (χ1n) is 6.78. The van der Waals surface area contributed by atoms with E-state index in [-0.39, 0.29) is 10.8 Å². The molecule has 6 nitrogen and oxygen atoms in total. The molecule has 0 N–H and O–H groups in total. The fourth-order valence-electron chi connectivity index (χ4n) is 2.57. The third-order valence-electron chi connectivity index (χ3n) is 3.89. The molecule has 0 unspecified atom stereocenters. The Morgan fingerprint density at radius 2 is 2.15 bits per heavy atom. The number of aromatic nitrogens is 1. The second kappa shape index (κ2) is 6.37. The molecule has 7 heteroatoms. The average Bonchev–Trinajstić information content (AvgIpc) is 2.46. The van der Waals surface area contributed by atoms with Crippen LogP contribution in [0.4, 0.5) is 11.5 Å². The molecule has 110 valence electrons. The number of hydrogen-bond acceptors (Lipinski definition) is 5. The van der Waals surface area contributed by atoms with Gasteiger partial charge in [0.05, 0.1) is 17.1 Å². The maximum Gasteiger partial charge on any atom is 0.276 e. The smallest absolute Gasteiger partial charge is 0.276 e. The Bertz CT molecular complexity index is 489. The lowest BCUT2D eigenvalue weighted by Gasteiger charge is -2.36. The molecular formula is C13H19ClN4O2. The number of nitrogens with zero attached hydrogens (tertiary/aromatic N) is 4. The van der Waals surface area contributed by atoms with Crippen molar-refractivity contribution in [3.05, 3.63) is 27.4 Å². The molecule has 1 aliphatic heterocycles. The number of piperidine rings is 1. The minimum absolute atomic E-state index is 0.0159. The molecule has 0 amide bonds. The van der Waals surface area contributed by atoms with Gasteiger partial charge in [0.1, 0.15) is 11.0 Å². The molecule has 1 aliphatic rings. The van der Waals surface area contributed by atoms with E-state index in [0.29, 0.717) is 11.9 Å². The Kier molecular flexibility index (Phi) is 4.77. The van der Waals surface area contributed by atoms with Crippen LogP contribution in [0.3, 0.4) is 0 Å². The van der Waals surface area contributed by atoms with E-state index in [1.54, 1.807) is 0 Å². The standard InChI is InChI=1S/C13H19ClN4O2/c1-3-17-6-4-10(5-7-17)16(2)13-9-11(18(19)20)8-12(14)15-13/h8-10H,3-7H2,1-2H3. The normalized spacial score (nSPS) is 17.1. The van der Waals surface area contributed by atoms with Gasteiger partial charge in [-0.15, -0.1) is 0 Å². The summed E-state index contributed by atoms with van der Waals surface area (Å²) in [5.41, 5.74) is -0.0159. The molecule has 0 radical (unpaired) electrons. The van der Waals surface area contributed by atoms with Crippen LogP contribution in [0, 0.1) is 10.1 Å². The van der Waals surface area contributed by atoms with Crippen molar-refractivity contribution < 1.29 is 4.92 Å². The van der Waals surface area contributed by atoms with E-state index in [0.717, 1.165) is 32.5 Å². The van der Waals surface area contributed by atoms with E-state index in [1.165, 1.54) is 12.1 Å². The topological polar surface area (TPSA) is 62.5 Å². The second-order valence-corrected chi connectivity index (χ2v) is 5.43. The third-order valence-corrected chi connectivity index (χ3v) is 4.08. The zero-order chi connectivity index (χ0) is 14.7. The van der Waals surface area contributed by atoms with Crippen LogP contribution in [-0.2, 0) is 0 Å². The summed E-state index contributed by atoms with van der Waals surface area (Å²) in [4.78, 5) is 19.1. The van der Waals surface area contributed by atoms with Gasteiger partial charge in [-0.3, -0.25) is 10.1 Å². The lowest BCUT2D eigenvalue weighted by molar-refractivity contribution is -0.384. The highest BCUT2D eigenvalue weighted by Crippen LogP contribution is 2.26. The molecule has 0 saturated carbocycles. The van der Waals surface area contributed by atoms with Crippen molar-refractivity contribution in [3.63, 3.8) is 0 Å². The van der Waals surface area contributed by atoms with Crippen LogP contribution in [-0.4, -0.2) is 47.5 Å². The van der Waals surface area contributed by atoms with Crippen LogP contribution >= 0.6 is 11.6 Å². The minimum Gasteiger partial charge on any atom is -0.356 e. The van der Waals surface area contributed by atoms with Gasteiger partial charge in [-0.05, 0) is 19.4 Å². The Morgan fingerprint density at radius 1 is 1.50 bits per heavy atom. The first-order valence-corrected chi connectivity index (χ1v) is 7.16. The summed E-state index contributed by atoms with van der Waals surface area (Å²) < 4.78 is 0. The van der Waals surface area contributed by atoms with Crippen molar-refractivity contribution in [2.75, 3.05) is 31.6 Å². The van der Waals surface area contributed by atoms with Crippen LogP contribution < -0.4 is 4.90 Å². The maximum atomic E-state index is 10.9. The fraction of sp³-hybridized carbons (Fsp3) is 0.615. The van der Waals surface area contributed by atoms with Crippen LogP contribution in [0.25, 0.3) is 0 Å². The van der Waals surface area contributed by atoms with Crippen LogP contribution in [0.2, 0.25) is 5.15 Å².